The number of nitrogens with one attached hydrogen (secondary N) is 1. The molecule has 10 heteroatoms. The number of fused-ring (bicyclic) bond motifs is 1. The third-order valence-electron chi connectivity index (χ3n) is 5.43. The van der Waals surface area contributed by atoms with Gasteiger partial charge in [0.2, 0.25) is 5.91 Å². The lowest BCUT2D eigenvalue weighted by atomic mass is 9.93. The summed E-state index contributed by atoms with van der Waals surface area (Å²) >= 11 is 1.36. The summed E-state index contributed by atoms with van der Waals surface area (Å²) in [6, 6.07) is 5.47. The van der Waals surface area contributed by atoms with E-state index in [1.54, 1.807) is 24.0 Å². The van der Waals surface area contributed by atoms with Gasteiger partial charge in [0.1, 0.15) is 0 Å². The Bertz CT molecular complexity index is 1040. The molecule has 1 aromatic rings. The van der Waals surface area contributed by atoms with E-state index in [0.29, 0.717) is 40.2 Å². The van der Waals surface area contributed by atoms with Crippen molar-refractivity contribution >= 4 is 34.5 Å². The van der Waals surface area contributed by atoms with Crippen LogP contribution in [0, 0.1) is 16.0 Å². The number of nitro benzene ring substituents is 1. The molecule has 2 aliphatic heterocycles. The highest BCUT2D eigenvalue weighted by Crippen LogP contribution is 2.45. The Morgan fingerprint density at radius 3 is 2.84 bits per heavy atom. The van der Waals surface area contributed by atoms with Crippen LogP contribution in [0.15, 0.2) is 51.6 Å². The van der Waals surface area contributed by atoms with Gasteiger partial charge in [0, 0.05) is 24.4 Å². The molecule has 1 N–H and O–H groups in total. The molecule has 2 heterocycles. The van der Waals surface area contributed by atoms with Crippen molar-refractivity contribution in [1.82, 2.24) is 10.2 Å². The van der Waals surface area contributed by atoms with Gasteiger partial charge in [-0.3, -0.25) is 14.9 Å². The van der Waals surface area contributed by atoms with E-state index < -0.39 is 16.9 Å². The summed E-state index contributed by atoms with van der Waals surface area (Å²) in [5, 5.41) is 16.7. The van der Waals surface area contributed by atoms with Gasteiger partial charge >= 0.3 is 5.97 Å². The van der Waals surface area contributed by atoms with E-state index in [0.717, 1.165) is 12.8 Å². The molecule has 0 bridgehead atoms. The number of nitrogens with zero attached hydrogens (tertiary/aromatic N) is 3. The van der Waals surface area contributed by atoms with Crippen molar-refractivity contribution in [3.63, 3.8) is 0 Å². The molecule has 31 heavy (non-hydrogen) atoms. The lowest BCUT2D eigenvalue weighted by molar-refractivity contribution is -0.384. The maximum absolute atomic E-state index is 12.7. The number of methoxy groups -OCH3 is 1. The van der Waals surface area contributed by atoms with Gasteiger partial charge in [0.25, 0.3) is 5.69 Å². The molecular weight excluding hydrogens is 420 g/mol. The number of hydrogen-bond donors (Lipinski definition) is 1. The number of allylic oxidation sites excluding steroid dienone is 1. The number of rotatable bonds is 7. The van der Waals surface area contributed by atoms with Gasteiger partial charge in [-0.15, -0.1) is 0 Å². The van der Waals surface area contributed by atoms with Crippen LogP contribution in [-0.2, 0) is 14.3 Å². The van der Waals surface area contributed by atoms with Crippen molar-refractivity contribution in [2.45, 2.75) is 32.2 Å². The van der Waals surface area contributed by atoms with Crippen molar-refractivity contribution in [3.8, 4) is 0 Å². The lowest BCUT2D eigenvalue weighted by Crippen LogP contribution is -2.38. The Labute approximate surface area is 183 Å². The van der Waals surface area contributed by atoms with Crippen molar-refractivity contribution < 1.29 is 19.2 Å². The fourth-order valence-corrected chi connectivity index (χ4v) is 4.64. The highest BCUT2D eigenvalue weighted by atomic mass is 32.2. The average molecular weight is 442 g/mol. The van der Waals surface area contributed by atoms with E-state index in [1.807, 2.05) is 5.41 Å². The maximum atomic E-state index is 12.7. The first-order chi connectivity index (χ1) is 14.9. The summed E-state index contributed by atoms with van der Waals surface area (Å²) in [5.74, 6) is -0.105. The Morgan fingerprint density at radius 2 is 2.16 bits per heavy atom. The molecule has 1 aromatic carbocycles. The Hall–Kier alpha value is -3.14. The van der Waals surface area contributed by atoms with Gasteiger partial charge < -0.3 is 15.0 Å². The summed E-state index contributed by atoms with van der Waals surface area (Å²) in [7, 11) is 1.28. The predicted octanol–water partition coefficient (Wildman–Crippen LogP) is 3.26. The smallest absolute Gasteiger partial charge is 0.338 e. The van der Waals surface area contributed by atoms with E-state index in [-0.39, 0.29) is 18.0 Å². The molecule has 3 aliphatic rings. The van der Waals surface area contributed by atoms with Gasteiger partial charge in [-0.1, -0.05) is 23.9 Å². The molecule has 162 valence electrons. The molecule has 1 fully saturated rings. The number of carbonyl (C=O) groups is 2. The molecule has 1 aliphatic carbocycles. The van der Waals surface area contributed by atoms with E-state index in [1.165, 1.54) is 31.0 Å². The first kappa shape index (κ1) is 21.1. The SMILES string of the molecule is COC(=O)C1=C(C)N=C2SC=C(CC(=O)NCC3CC3)N2[C@@H]1c1cccc([N+](=O)[O-])c1. The normalized spacial score (nSPS) is 20.1. The number of ether oxygens (including phenoxy) is 1. The summed E-state index contributed by atoms with van der Waals surface area (Å²) in [4.78, 5) is 42.4. The maximum Gasteiger partial charge on any atom is 0.338 e. The second kappa shape index (κ2) is 8.54. The fourth-order valence-electron chi connectivity index (χ4n) is 3.67. The quantitative estimate of drug-likeness (QED) is 0.392. The van der Waals surface area contributed by atoms with Crippen LogP contribution in [0.5, 0.6) is 0 Å². The summed E-state index contributed by atoms with van der Waals surface area (Å²) in [5.41, 5.74) is 1.92. The first-order valence-electron chi connectivity index (χ1n) is 9.92. The van der Waals surface area contributed by atoms with Gasteiger partial charge in [-0.2, -0.15) is 0 Å². The second-order valence-electron chi connectivity index (χ2n) is 7.66. The van der Waals surface area contributed by atoms with E-state index in [2.05, 4.69) is 10.3 Å². The average Bonchev–Trinajstić information content (AvgIpc) is 3.51. The van der Waals surface area contributed by atoms with E-state index in [9.17, 15) is 19.7 Å². The topological polar surface area (TPSA) is 114 Å². The van der Waals surface area contributed by atoms with Gasteiger partial charge in [-0.25, -0.2) is 9.79 Å². The van der Waals surface area contributed by atoms with Crippen molar-refractivity contribution in [2.24, 2.45) is 10.9 Å². The highest BCUT2D eigenvalue weighted by Gasteiger charge is 2.41. The minimum Gasteiger partial charge on any atom is -0.466 e. The minimum atomic E-state index is -0.683. The lowest BCUT2D eigenvalue weighted by Gasteiger charge is -2.36. The standard InChI is InChI=1S/C21H22N4O5S/c1-12-18(20(27)30-2)19(14-4-3-5-15(8-14)25(28)29)24-16(11-31-21(24)23-12)9-17(26)22-10-13-6-7-13/h3-5,8,11,13,19H,6-7,9-10H2,1-2H3,(H,22,26)/t19-/m1/s1. The Kier molecular flexibility index (Phi) is 5.81. The van der Waals surface area contributed by atoms with Crippen LogP contribution in [0.3, 0.4) is 0 Å². The number of amidine groups is 1. The molecular formula is C21H22N4O5S. The molecule has 0 radical (unpaired) electrons. The monoisotopic (exact) mass is 442 g/mol. The first-order valence-corrected chi connectivity index (χ1v) is 10.8. The highest BCUT2D eigenvalue weighted by molar-refractivity contribution is 8.16. The summed E-state index contributed by atoms with van der Waals surface area (Å²) < 4.78 is 4.99. The molecule has 0 saturated heterocycles. The summed E-state index contributed by atoms with van der Waals surface area (Å²) in [6.45, 7) is 2.38. The summed E-state index contributed by atoms with van der Waals surface area (Å²) in [6.07, 6.45) is 2.41. The largest absolute Gasteiger partial charge is 0.466 e. The Morgan fingerprint density at radius 1 is 1.39 bits per heavy atom. The number of thioether (sulfide) groups is 1. The number of hydrogen-bond acceptors (Lipinski definition) is 8. The molecule has 1 saturated carbocycles. The molecule has 4 rings (SSSR count). The number of amides is 1. The predicted molar refractivity (Wildman–Crippen MR) is 116 cm³/mol. The van der Waals surface area contributed by atoms with Crippen molar-refractivity contribution in [3.05, 3.63) is 62.3 Å². The number of esters is 1. The molecule has 0 aromatic heterocycles. The van der Waals surface area contributed by atoms with Crippen LogP contribution in [0.25, 0.3) is 0 Å². The zero-order valence-corrected chi connectivity index (χ0v) is 18.0. The Balaban J connectivity index is 1.69. The van der Waals surface area contributed by atoms with E-state index >= 15 is 0 Å². The number of nitro groups is 1. The van der Waals surface area contributed by atoms with Crippen LogP contribution in [0.1, 0.15) is 37.8 Å². The number of benzene rings is 1. The minimum absolute atomic E-state index is 0.0806. The molecule has 0 unspecified atom stereocenters. The molecule has 9 nitrogen and oxygen atoms in total. The third kappa shape index (κ3) is 4.34. The zero-order chi connectivity index (χ0) is 22.1. The van der Waals surface area contributed by atoms with E-state index in [4.69, 9.17) is 4.74 Å². The zero-order valence-electron chi connectivity index (χ0n) is 17.2. The number of aliphatic imine (C=N–C) groups is 1. The van der Waals surface area contributed by atoms with Crippen LogP contribution in [-0.4, -0.2) is 40.5 Å². The van der Waals surface area contributed by atoms with Gasteiger partial charge in [0.15, 0.2) is 5.17 Å². The van der Waals surface area contributed by atoms with Crippen LogP contribution in [0.4, 0.5) is 5.69 Å². The fraction of sp³-hybridized carbons (Fsp3) is 0.381. The third-order valence-corrected chi connectivity index (χ3v) is 6.32. The van der Waals surface area contributed by atoms with Gasteiger partial charge in [0.05, 0.1) is 35.8 Å². The van der Waals surface area contributed by atoms with Crippen LogP contribution < -0.4 is 5.32 Å². The van der Waals surface area contributed by atoms with Crippen LogP contribution >= 0.6 is 11.8 Å². The molecule has 1 amide bonds. The molecule has 0 spiro atoms. The second-order valence-corrected chi connectivity index (χ2v) is 8.50. The van der Waals surface area contributed by atoms with Crippen LogP contribution in [0.2, 0.25) is 0 Å². The number of non-ortho nitro benzene ring substituents is 1. The molecule has 1 atom stereocenters. The number of carbonyl (C=O) groups excluding carboxylic acids is 2. The van der Waals surface area contributed by atoms with Gasteiger partial charge in [-0.05, 0) is 36.7 Å². The van der Waals surface area contributed by atoms with Crippen molar-refractivity contribution in [1.29, 1.82) is 0 Å². The van der Waals surface area contributed by atoms with Crippen molar-refractivity contribution in [2.75, 3.05) is 13.7 Å².